The van der Waals surface area contributed by atoms with E-state index < -0.39 is 0 Å². The molecule has 1 saturated carbocycles. The Labute approximate surface area is 108 Å². The Morgan fingerprint density at radius 3 is 2.82 bits per heavy atom. The molecular formula is C14H20N2S. The predicted octanol–water partition coefficient (Wildman–Crippen LogP) is 3.65. The minimum Gasteiger partial charge on any atom is -0.296 e. The number of hydrogen-bond acceptors (Lipinski definition) is 3. The van der Waals surface area contributed by atoms with Gasteiger partial charge in [-0.15, -0.1) is 0 Å². The zero-order chi connectivity index (χ0) is 12.3. The Morgan fingerprint density at radius 2 is 2.29 bits per heavy atom. The summed E-state index contributed by atoms with van der Waals surface area (Å²) in [5.41, 5.74) is 1.22. The average Bonchev–Trinajstić information content (AvgIpc) is 3.03. The Kier molecular flexibility index (Phi) is 3.86. The third-order valence-electron chi connectivity index (χ3n) is 3.36. The first-order valence-corrected chi connectivity index (χ1v) is 7.21. The van der Waals surface area contributed by atoms with Crippen molar-refractivity contribution in [2.75, 3.05) is 6.54 Å². The lowest BCUT2D eigenvalue weighted by molar-refractivity contribution is 0.225. The van der Waals surface area contributed by atoms with E-state index in [0.29, 0.717) is 0 Å². The topological polar surface area (TPSA) is 27.0 Å². The monoisotopic (exact) mass is 248 g/mol. The maximum atomic E-state index is 9.05. The first-order chi connectivity index (χ1) is 8.11. The molecule has 0 spiro atoms. The van der Waals surface area contributed by atoms with Crippen molar-refractivity contribution in [3.8, 4) is 6.07 Å². The van der Waals surface area contributed by atoms with E-state index in [9.17, 15) is 0 Å². The average molecular weight is 248 g/mol. The van der Waals surface area contributed by atoms with Gasteiger partial charge in [-0.25, -0.2) is 0 Å². The maximum absolute atomic E-state index is 9.05. The van der Waals surface area contributed by atoms with Gasteiger partial charge >= 0.3 is 0 Å². The normalized spacial score (nSPS) is 16.1. The molecule has 2 rings (SSSR count). The van der Waals surface area contributed by atoms with Gasteiger partial charge in [-0.3, -0.25) is 4.90 Å². The van der Waals surface area contributed by atoms with E-state index in [2.05, 4.69) is 27.8 Å². The molecule has 2 nitrogen and oxygen atoms in total. The lowest BCUT2D eigenvalue weighted by Crippen LogP contribution is -2.29. The summed E-state index contributed by atoms with van der Waals surface area (Å²) in [6, 6.07) is 5.36. The number of thiophene rings is 1. The van der Waals surface area contributed by atoms with E-state index in [4.69, 9.17) is 5.26 Å². The van der Waals surface area contributed by atoms with Gasteiger partial charge in [0.2, 0.25) is 0 Å². The molecule has 92 valence electrons. The summed E-state index contributed by atoms with van der Waals surface area (Å²) >= 11 is 1.76. The first-order valence-electron chi connectivity index (χ1n) is 6.27. The molecule has 0 unspecified atom stereocenters. The smallest absolute Gasteiger partial charge is 0.0684 e. The maximum Gasteiger partial charge on any atom is 0.0684 e. The standard InChI is InChI=1S/C14H20N2S/c1-14(2,11-15)6-7-16(13-3-4-13)9-12-5-8-17-10-12/h5,8,10,13H,3-4,6-7,9H2,1-2H3. The second-order valence-electron chi connectivity index (χ2n) is 5.58. The van der Waals surface area contributed by atoms with Crippen LogP contribution in [0.15, 0.2) is 16.8 Å². The largest absolute Gasteiger partial charge is 0.296 e. The summed E-state index contributed by atoms with van der Waals surface area (Å²) in [5, 5.41) is 13.4. The molecule has 1 heterocycles. The summed E-state index contributed by atoms with van der Waals surface area (Å²) in [4.78, 5) is 2.54. The minimum absolute atomic E-state index is 0.193. The highest BCUT2D eigenvalue weighted by molar-refractivity contribution is 7.07. The van der Waals surface area contributed by atoms with Crippen molar-refractivity contribution >= 4 is 11.3 Å². The van der Waals surface area contributed by atoms with Crippen molar-refractivity contribution in [3.05, 3.63) is 22.4 Å². The lowest BCUT2D eigenvalue weighted by Gasteiger charge is -2.25. The summed E-state index contributed by atoms with van der Waals surface area (Å²) in [7, 11) is 0. The SMILES string of the molecule is CC(C)(C#N)CCN(Cc1ccsc1)C1CC1. The zero-order valence-electron chi connectivity index (χ0n) is 10.6. The van der Waals surface area contributed by atoms with Crippen molar-refractivity contribution in [2.45, 2.75) is 45.7 Å². The van der Waals surface area contributed by atoms with E-state index >= 15 is 0 Å². The summed E-state index contributed by atoms with van der Waals surface area (Å²) in [5.74, 6) is 0. The molecule has 0 aliphatic heterocycles. The molecule has 1 aromatic heterocycles. The fourth-order valence-corrected chi connectivity index (χ4v) is 2.59. The molecule has 1 fully saturated rings. The molecule has 1 aromatic rings. The van der Waals surface area contributed by atoms with Gasteiger partial charge in [-0.2, -0.15) is 16.6 Å². The fraction of sp³-hybridized carbons (Fsp3) is 0.643. The summed E-state index contributed by atoms with van der Waals surface area (Å²) in [6.07, 6.45) is 3.62. The van der Waals surface area contributed by atoms with E-state index in [1.54, 1.807) is 11.3 Å². The van der Waals surface area contributed by atoms with Crippen LogP contribution < -0.4 is 0 Å². The van der Waals surface area contributed by atoms with E-state index in [0.717, 1.165) is 25.6 Å². The molecule has 0 aromatic carbocycles. The third-order valence-corrected chi connectivity index (χ3v) is 4.09. The van der Waals surface area contributed by atoms with E-state index in [1.807, 2.05) is 13.8 Å². The molecule has 0 N–H and O–H groups in total. The van der Waals surface area contributed by atoms with Crippen molar-refractivity contribution in [2.24, 2.45) is 5.41 Å². The van der Waals surface area contributed by atoms with Crippen LogP contribution in [0.25, 0.3) is 0 Å². The highest BCUT2D eigenvalue weighted by atomic mass is 32.1. The molecule has 1 aliphatic rings. The highest BCUT2D eigenvalue weighted by Crippen LogP contribution is 2.30. The van der Waals surface area contributed by atoms with Gasteiger partial charge < -0.3 is 0 Å². The number of nitrogens with zero attached hydrogens (tertiary/aromatic N) is 2. The Hall–Kier alpha value is -0.850. The Bertz CT molecular complexity index is 385. The second kappa shape index (κ2) is 5.20. The van der Waals surface area contributed by atoms with Crippen LogP contribution in [0.4, 0.5) is 0 Å². The molecule has 0 atom stereocenters. The lowest BCUT2D eigenvalue weighted by atomic mass is 9.91. The van der Waals surface area contributed by atoms with Crippen LogP contribution in [0.1, 0.15) is 38.7 Å². The van der Waals surface area contributed by atoms with Gasteiger partial charge in [0.1, 0.15) is 0 Å². The summed E-state index contributed by atoms with van der Waals surface area (Å²) < 4.78 is 0. The molecular weight excluding hydrogens is 228 g/mol. The van der Waals surface area contributed by atoms with Gasteiger partial charge in [0.25, 0.3) is 0 Å². The van der Waals surface area contributed by atoms with Crippen molar-refractivity contribution in [1.82, 2.24) is 4.90 Å². The van der Waals surface area contributed by atoms with Gasteiger partial charge in [-0.1, -0.05) is 0 Å². The minimum atomic E-state index is -0.193. The quantitative estimate of drug-likeness (QED) is 0.768. The second-order valence-corrected chi connectivity index (χ2v) is 6.36. The van der Waals surface area contributed by atoms with Crippen molar-refractivity contribution < 1.29 is 0 Å². The van der Waals surface area contributed by atoms with Crippen LogP contribution >= 0.6 is 11.3 Å². The van der Waals surface area contributed by atoms with Gasteiger partial charge in [-0.05, 0) is 55.5 Å². The van der Waals surface area contributed by atoms with Gasteiger partial charge in [0.05, 0.1) is 11.5 Å². The molecule has 1 aliphatic carbocycles. The van der Waals surface area contributed by atoms with Crippen LogP contribution in [-0.2, 0) is 6.54 Å². The highest BCUT2D eigenvalue weighted by Gasteiger charge is 2.30. The van der Waals surface area contributed by atoms with Crippen LogP contribution in [0.3, 0.4) is 0 Å². The molecule has 0 saturated heterocycles. The Balaban J connectivity index is 1.88. The predicted molar refractivity (Wildman–Crippen MR) is 71.8 cm³/mol. The summed E-state index contributed by atoms with van der Waals surface area (Å²) in [6.45, 7) is 6.15. The van der Waals surface area contributed by atoms with Crippen LogP contribution in [-0.4, -0.2) is 17.5 Å². The molecule has 0 bridgehead atoms. The fourth-order valence-electron chi connectivity index (χ4n) is 1.93. The number of rotatable bonds is 6. The van der Waals surface area contributed by atoms with E-state index in [1.165, 1.54) is 18.4 Å². The van der Waals surface area contributed by atoms with Crippen molar-refractivity contribution in [1.29, 1.82) is 5.26 Å². The van der Waals surface area contributed by atoms with E-state index in [-0.39, 0.29) is 5.41 Å². The Morgan fingerprint density at radius 1 is 1.53 bits per heavy atom. The first kappa shape index (κ1) is 12.6. The molecule has 0 amide bonds. The van der Waals surface area contributed by atoms with Crippen LogP contribution in [0.2, 0.25) is 0 Å². The molecule has 0 radical (unpaired) electrons. The molecule has 3 heteroatoms. The van der Waals surface area contributed by atoms with Gasteiger partial charge in [0, 0.05) is 19.1 Å². The van der Waals surface area contributed by atoms with Crippen LogP contribution in [0.5, 0.6) is 0 Å². The molecule has 17 heavy (non-hydrogen) atoms. The van der Waals surface area contributed by atoms with Crippen molar-refractivity contribution in [3.63, 3.8) is 0 Å². The van der Waals surface area contributed by atoms with Crippen LogP contribution in [0, 0.1) is 16.7 Å². The third kappa shape index (κ3) is 3.83. The zero-order valence-corrected chi connectivity index (χ0v) is 11.5. The van der Waals surface area contributed by atoms with Gasteiger partial charge in [0.15, 0.2) is 0 Å². The number of nitriles is 1. The number of hydrogen-bond donors (Lipinski definition) is 0.